The van der Waals surface area contributed by atoms with E-state index in [1.54, 1.807) is 16.8 Å². The van der Waals surface area contributed by atoms with Gasteiger partial charge in [0.25, 0.3) is 5.91 Å². The molecule has 0 radical (unpaired) electrons. The van der Waals surface area contributed by atoms with Crippen LogP contribution in [0.2, 0.25) is 0 Å². The zero-order valence-electron chi connectivity index (χ0n) is 14.3. The molecule has 0 bridgehead atoms. The van der Waals surface area contributed by atoms with E-state index < -0.39 is 0 Å². The molecule has 26 heavy (non-hydrogen) atoms. The molecule has 132 valence electrons. The number of fused-ring (bicyclic) bond motifs is 1. The third kappa shape index (κ3) is 2.86. The minimum atomic E-state index is -0.295. The predicted molar refractivity (Wildman–Crippen MR) is 97.9 cm³/mol. The lowest BCUT2D eigenvalue weighted by atomic mass is 9.98. The predicted octanol–water partition coefficient (Wildman–Crippen LogP) is 3.91. The van der Waals surface area contributed by atoms with Crippen LogP contribution in [0.5, 0.6) is 0 Å². The summed E-state index contributed by atoms with van der Waals surface area (Å²) in [5, 5.41) is 14.5. The van der Waals surface area contributed by atoms with Crippen molar-refractivity contribution in [2.75, 3.05) is 13.1 Å². The van der Waals surface area contributed by atoms with Gasteiger partial charge in [0, 0.05) is 24.4 Å². The van der Waals surface area contributed by atoms with Crippen molar-refractivity contribution in [2.45, 2.75) is 19.8 Å². The van der Waals surface area contributed by atoms with Crippen LogP contribution in [0.25, 0.3) is 15.9 Å². The van der Waals surface area contributed by atoms with Gasteiger partial charge in [0.15, 0.2) is 0 Å². The first-order chi connectivity index (χ1) is 12.6. The second-order valence-electron chi connectivity index (χ2n) is 6.50. The molecule has 0 unspecified atom stereocenters. The molecule has 1 aliphatic heterocycles. The number of benzene rings is 1. The van der Waals surface area contributed by atoms with Crippen molar-refractivity contribution in [3.63, 3.8) is 0 Å². The molecule has 1 fully saturated rings. The number of piperidine rings is 1. The first-order valence-electron chi connectivity index (χ1n) is 8.51. The monoisotopic (exact) mass is 368 g/mol. The lowest BCUT2D eigenvalue weighted by molar-refractivity contribution is 0.0712. The van der Waals surface area contributed by atoms with Crippen molar-refractivity contribution >= 4 is 27.5 Å². The molecule has 0 spiro atoms. The lowest BCUT2D eigenvalue weighted by Gasteiger charge is -2.28. The first kappa shape index (κ1) is 16.7. The summed E-state index contributed by atoms with van der Waals surface area (Å²) >= 11 is 1.40. The number of nitriles is 1. The van der Waals surface area contributed by atoms with Gasteiger partial charge in [-0.25, -0.2) is 9.07 Å². The first-order valence-corrected chi connectivity index (χ1v) is 9.32. The molecule has 1 amide bonds. The molecule has 3 heterocycles. The number of halogens is 1. The van der Waals surface area contributed by atoms with E-state index in [0.29, 0.717) is 18.0 Å². The topological polar surface area (TPSA) is 61.9 Å². The molecule has 2 aromatic heterocycles. The van der Waals surface area contributed by atoms with Gasteiger partial charge in [0.05, 0.1) is 22.3 Å². The summed E-state index contributed by atoms with van der Waals surface area (Å²) in [6.45, 7) is 3.14. The van der Waals surface area contributed by atoms with Crippen LogP contribution >= 0.6 is 11.3 Å². The fraction of sp³-hybridized carbons (Fsp3) is 0.316. The summed E-state index contributed by atoms with van der Waals surface area (Å²) in [6.07, 6.45) is 1.46. The lowest BCUT2D eigenvalue weighted by Crippen LogP contribution is -2.37. The highest BCUT2D eigenvalue weighted by molar-refractivity contribution is 7.20. The molecule has 0 atom stereocenters. The number of thiophene rings is 1. The Morgan fingerprint density at radius 2 is 2.00 bits per heavy atom. The Balaban J connectivity index is 1.66. The van der Waals surface area contributed by atoms with Crippen LogP contribution in [0.4, 0.5) is 4.39 Å². The maximum Gasteiger partial charge on any atom is 0.264 e. The summed E-state index contributed by atoms with van der Waals surface area (Å²) in [5.41, 5.74) is 1.60. The van der Waals surface area contributed by atoms with E-state index >= 15 is 0 Å². The average Bonchev–Trinajstić information content (AvgIpc) is 3.23. The van der Waals surface area contributed by atoms with Crippen LogP contribution in [0.15, 0.2) is 30.3 Å². The van der Waals surface area contributed by atoms with Crippen molar-refractivity contribution in [3.8, 4) is 11.8 Å². The summed E-state index contributed by atoms with van der Waals surface area (Å²) < 4.78 is 15.0. The molecule has 3 aromatic rings. The summed E-state index contributed by atoms with van der Waals surface area (Å²) in [6, 6.07) is 10.3. The smallest absolute Gasteiger partial charge is 0.264 e. The minimum Gasteiger partial charge on any atom is -0.338 e. The quantitative estimate of drug-likeness (QED) is 0.689. The number of nitrogens with zero attached hydrogens (tertiary/aromatic N) is 4. The van der Waals surface area contributed by atoms with Gasteiger partial charge in [-0.3, -0.25) is 4.79 Å². The maximum atomic E-state index is 13.2. The molecule has 7 heteroatoms. The number of carbonyl (C=O) groups is 1. The average molecular weight is 368 g/mol. The summed E-state index contributed by atoms with van der Waals surface area (Å²) in [7, 11) is 0. The Kier molecular flexibility index (Phi) is 4.21. The molecule has 0 aliphatic carbocycles. The van der Waals surface area contributed by atoms with E-state index in [1.807, 2.05) is 17.9 Å². The number of aromatic nitrogens is 2. The standard InChI is InChI=1S/C19H17FN4OS/c1-12-16-10-17(18(25)23-8-6-13(11-21)7-9-23)26-19(16)24(22-12)15-4-2-14(20)3-5-15/h2-5,10,13H,6-9H2,1H3. The molecule has 4 rings (SSSR count). The molecule has 1 saturated heterocycles. The number of rotatable bonds is 2. The minimum absolute atomic E-state index is 0.00708. The van der Waals surface area contributed by atoms with Crippen LogP contribution in [-0.4, -0.2) is 33.7 Å². The summed E-state index contributed by atoms with van der Waals surface area (Å²) in [5.74, 6) is -0.236. The Morgan fingerprint density at radius 3 is 2.65 bits per heavy atom. The Bertz CT molecular complexity index is 1010. The van der Waals surface area contributed by atoms with E-state index in [1.165, 1.54) is 23.5 Å². The second-order valence-corrected chi connectivity index (χ2v) is 7.53. The van der Waals surface area contributed by atoms with E-state index in [4.69, 9.17) is 5.26 Å². The SMILES string of the molecule is Cc1nn(-c2ccc(F)cc2)c2sc(C(=O)N3CCC(C#N)CC3)cc12. The number of amides is 1. The van der Waals surface area contributed by atoms with E-state index in [-0.39, 0.29) is 17.6 Å². The van der Waals surface area contributed by atoms with Crippen LogP contribution in [-0.2, 0) is 0 Å². The van der Waals surface area contributed by atoms with Crippen molar-refractivity contribution in [1.82, 2.24) is 14.7 Å². The fourth-order valence-electron chi connectivity index (χ4n) is 3.28. The normalized spacial score (nSPS) is 15.3. The van der Waals surface area contributed by atoms with Gasteiger partial charge in [-0.05, 0) is 50.1 Å². The zero-order chi connectivity index (χ0) is 18.3. The summed E-state index contributed by atoms with van der Waals surface area (Å²) in [4.78, 5) is 16.2. The molecule has 5 nitrogen and oxygen atoms in total. The van der Waals surface area contributed by atoms with Gasteiger partial charge in [-0.2, -0.15) is 10.4 Å². The number of carbonyl (C=O) groups excluding carboxylic acids is 1. The second kappa shape index (κ2) is 6.54. The van der Waals surface area contributed by atoms with Crippen LogP contribution in [0, 0.1) is 30.0 Å². The van der Waals surface area contributed by atoms with Crippen molar-refractivity contribution < 1.29 is 9.18 Å². The van der Waals surface area contributed by atoms with E-state index in [0.717, 1.165) is 34.4 Å². The molecule has 0 N–H and O–H groups in total. The van der Waals surface area contributed by atoms with Crippen molar-refractivity contribution in [3.05, 3.63) is 46.7 Å². The zero-order valence-corrected chi connectivity index (χ0v) is 15.1. The third-order valence-electron chi connectivity index (χ3n) is 4.79. The van der Waals surface area contributed by atoms with Gasteiger partial charge in [-0.15, -0.1) is 11.3 Å². The van der Waals surface area contributed by atoms with Crippen LogP contribution in [0.1, 0.15) is 28.2 Å². The fourth-order valence-corrected chi connectivity index (χ4v) is 4.43. The van der Waals surface area contributed by atoms with E-state index in [9.17, 15) is 9.18 Å². The van der Waals surface area contributed by atoms with Crippen molar-refractivity contribution in [1.29, 1.82) is 5.26 Å². The highest BCUT2D eigenvalue weighted by Gasteiger charge is 2.25. The third-order valence-corrected chi connectivity index (χ3v) is 5.89. The Morgan fingerprint density at radius 1 is 1.31 bits per heavy atom. The number of hydrogen-bond donors (Lipinski definition) is 0. The van der Waals surface area contributed by atoms with Gasteiger partial charge in [-0.1, -0.05) is 0 Å². The van der Waals surface area contributed by atoms with Crippen molar-refractivity contribution in [2.24, 2.45) is 5.92 Å². The Hall–Kier alpha value is -2.72. The molecule has 1 aromatic carbocycles. The van der Waals surface area contributed by atoms with Gasteiger partial charge >= 0.3 is 0 Å². The Labute approximate surface area is 154 Å². The molecule has 0 saturated carbocycles. The van der Waals surface area contributed by atoms with Gasteiger partial charge < -0.3 is 4.90 Å². The van der Waals surface area contributed by atoms with E-state index in [2.05, 4.69) is 11.2 Å². The van der Waals surface area contributed by atoms with Crippen LogP contribution in [0.3, 0.4) is 0 Å². The highest BCUT2D eigenvalue weighted by atomic mass is 32.1. The van der Waals surface area contributed by atoms with Gasteiger partial charge in [0.1, 0.15) is 10.6 Å². The molecular weight excluding hydrogens is 351 g/mol. The molecular formula is C19H17FN4OS. The number of aryl methyl sites for hydroxylation is 1. The number of likely N-dealkylation sites (tertiary alicyclic amines) is 1. The van der Waals surface area contributed by atoms with Crippen LogP contribution < -0.4 is 0 Å². The maximum absolute atomic E-state index is 13.2. The highest BCUT2D eigenvalue weighted by Crippen LogP contribution is 2.32. The number of hydrogen-bond acceptors (Lipinski definition) is 4. The largest absolute Gasteiger partial charge is 0.338 e. The van der Waals surface area contributed by atoms with Gasteiger partial charge in [0.2, 0.25) is 0 Å². The molecule has 1 aliphatic rings.